The van der Waals surface area contributed by atoms with Crippen molar-refractivity contribution in [1.82, 2.24) is 0 Å². The molecule has 4 aliphatic heterocycles. The van der Waals surface area contributed by atoms with Crippen LogP contribution in [-0.2, 0) is 38.3 Å². The van der Waals surface area contributed by atoms with Crippen molar-refractivity contribution >= 4 is 11.9 Å². The Morgan fingerprint density at radius 1 is 0.708 bits per heavy atom. The molecule has 0 amide bonds. The third-order valence-corrected chi connectivity index (χ3v) is 7.70. The first-order valence-electron chi connectivity index (χ1n) is 8.47. The molecule has 4 saturated carbocycles. The van der Waals surface area contributed by atoms with Gasteiger partial charge in [-0.25, -0.2) is 9.78 Å². The van der Waals surface area contributed by atoms with E-state index in [0.29, 0.717) is 0 Å². The zero-order chi connectivity index (χ0) is 16.2. The van der Waals surface area contributed by atoms with Gasteiger partial charge in [0.2, 0.25) is 0 Å². The van der Waals surface area contributed by atoms with Crippen LogP contribution in [0.1, 0.15) is 0 Å². The average molecular weight is 336 g/mol. The van der Waals surface area contributed by atoms with E-state index in [9.17, 15) is 9.59 Å². The van der Waals surface area contributed by atoms with Gasteiger partial charge in [0, 0.05) is 23.7 Å². The number of rotatable bonds is 2. The van der Waals surface area contributed by atoms with E-state index in [1.807, 2.05) is 0 Å². The first-order valence-corrected chi connectivity index (χ1v) is 8.47. The normalized spacial score (nSPS) is 67.6. The molecule has 0 radical (unpaired) electrons. The van der Waals surface area contributed by atoms with Gasteiger partial charge in [-0.3, -0.25) is 9.59 Å². The third-order valence-electron chi connectivity index (χ3n) is 7.70. The van der Waals surface area contributed by atoms with Crippen LogP contribution < -0.4 is 0 Å². The largest absolute Gasteiger partial charge is 0.469 e. The summed E-state index contributed by atoms with van der Waals surface area (Å²) < 4.78 is 22.3. The molecule has 12 atom stereocenters. The lowest BCUT2D eigenvalue weighted by Crippen LogP contribution is -2.66. The standard InChI is InChI=1S/C16H16O8/c1-19-13(17)7-3-4(7)10-16(22-10)12-6-5(8(6)14(18)20-2)11(23-24-12)15(16)9(3)21-15/h3-12H,1-2H3/t3-,4+,5+,6-,7?,8?,9+,10-,11+,12-,15-,16+. The second kappa shape index (κ2) is 3.38. The highest BCUT2D eigenvalue weighted by Gasteiger charge is 3.03. The van der Waals surface area contributed by atoms with Crippen molar-refractivity contribution in [2.24, 2.45) is 35.5 Å². The van der Waals surface area contributed by atoms with E-state index in [0.717, 1.165) is 0 Å². The number of esters is 2. The van der Waals surface area contributed by atoms with Crippen LogP contribution in [0.4, 0.5) is 0 Å². The summed E-state index contributed by atoms with van der Waals surface area (Å²) in [6.45, 7) is 0. The molecule has 4 heterocycles. The lowest BCUT2D eigenvalue weighted by Gasteiger charge is -2.45. The van der Waals surface area contributed by atoms with E-state index in [1.54, 1.807) is 0 Å². The molecule has 8 rings (SSSR count). The summed E-state index contributed by atoms with van der Waals surface area (Å²) in [6, 6.07) is 0. The van der Waals surface area contributed by atoms with Gasteiger partial charge in [0.25, 0.3) is 0 Å². The number of carbonyl (C=O) groups is 2. The van der Waals surface area contributed by atoms with E-state index in [2.05, 4.69) is 0 Å². The first kappa shape index (κ1) is 13.0. The van der Waals surface area contributed by atoms with Gasteiger partial charge >= 0.3 is 11.9 Å². The number of epoxide rings is 2. The van der Waals surface area contributed by atoms with Crippen molar-refractivity contribution in [2.75, 3.05) is 14.2 Å². The lowest BCUT2D eigenvalue weighted by molar-refractivity contribution is -0.431. The minimum atomic E-state index is -0.561. The molecule has 0 aromatic carbocycles. The fourth-order valence-electron chi connectivity index (χ4n) is 6.75. The molecule has 2 unspecified atom stereocenters. The monoisotopic (exact) mass is 336 g/mol. The predicted octanol–water partition coefficient (Wildman–Crippen LogP) is -0.942. The Hall–Kier alpha value is -1.22. The molecule has 4 aliphatic carbocycles. The molecular formula is C16H16O8. The van der Waals surface area contributed by atoms with Gasteiger partial charge in [-0.05, 0) is 0 Å². The highest BCUT2D eigenvalue weighted by molar-refractivity contribution is 5.80. The van der Waals surface area contributed by atoms with Gasteiger partial charge in [-0.2, -0.15) is 0 Å². The van der Waals surface area contributed by atoms with Crippen LogP contribution in [0.2, 0.25) is 0 Å². The predicted molar refractivity (Wildman–Crippen MR) is 69.9 cm³/mol. The minimum absolute atomic E-state index is 0.0588. The Morgan fingerprint density at radius 2 is 1.08 bits per heavy atom. The average Bonchev–Trinajstić information content (AvgIpc) is 3.44. The van der Waals surface area contributed by atoms with Crippen LogP contribution in [-0.4, -0.2) is 61.8 Å². The number of hydrogen-bond acceptors (Lipinski definition) is 8. The summed E-state index contributed by atoms with van der Waals surface area (Å²) in [7, 11) is 2.82. The molecule has 8 heteroatoms. The molecule has 8 nitrogen and oxygen atoms in total. The minimum Gasteiger partial charge on any atom is -0.469 e. The van der Waals surface area contributed by atoms with Crippen molar-refractivity contribution in [1.29, 1.82) is 0 Å². The molecule has 0 aromatic rings. The fraction of sp³-hybridized carbons (Fsp3) is 0.875. The van der Waals surface area contributed by atoms with Crippen LogP contribution in [0.15, 0.2) is 0 Å². The summed E-state index contributed by atoms with van der Waals surface area (Å²) in [6.07, 6.45) is -0.791. The highest BCUT2D eigenvalue weighted by Crippen LogP contribution is 2.85. The second-order valence-electron chi connectivity index (χ2n) is 8.10. The lowest BCUT2D eigenvalue weighted by atomic mass is 9.66. The molecule has 2 bridgehead atoms. The second-order valence-corrected chi connectivity index (χ2v) is 8.10. The van der Waals surface area contributed by atoms with Crippen LogP contribution in [0.3, 0.4) is 0 Å². The van der Waals surface area contributed by atoms with E-state index in [1.165, 1.54) is 14.2 Å². The zero-order valence-electron chi connectivity index (χ0n) is 13.0. The number of fused-ring (bicyclic) bond motifs is 4. The topological polar surface area (TPSA) is 96.1 Å². The SMILES string of the molecule is COC(=O)C1[C@@H]2[C@H]1[C@H]1OO[C@@H]2[C@]23O[C@H]2[C@H]2C(C(=O)OC)[C@H]2[C@H]2O[C@@]213. The maximum absolute atomic E-state index is 12.1. The summed E-state index contributed by atoms with van der Waals surface area (Å²) in [5.41, 5.74) is -1.12. The van der Waals surface area contributed by atoms with Gasteiger partial charge < -0.3 is 18.9 Å². The molecule has 4 saturated heterocycles. The Labute approximate surface area is 136 Å². The number of carbonyl (C=O) groups excluding carboxylic acids is 2. The van der Waals surface area contributed by atoms with Gasteiger partial charge in [-0.15, -0.1) is 0 Å². The van der Waals surface area contributed by atoms with Crippen molar-refractivity contribution in [3.05, 3.63) is 0 Å². The maximum atomic E-state index is 12.1. The van der Waals surface area contributed by atoms with Crippen molar-refractivity contribution in [2.45, 2.75) is 35.6 Å². The first-order chi connectivity index (χ1) is 11.6. The Kier molecular flexibility index (Phi) is 1.84. The summed E-state index contributed by atoms with van der Waals surface area (Å²) in [5, 5.41) is 0. The zero-order valence-corrected chi connectivity index (χ0v) is 13.0. The smallest absolute Gasteiger partial charge is 0.309 e. The van der Waals surface area contributed by atoms with Crippen LogP contribution in [0, 0.1) is 35.5 Å². The van der Waals surface area contributed by atoms with Gasteiger partial charge in [0.15, 0.2) is 11.2 Å². The van der Waals surface area contributed by atoms with Gasteiger partial charge in [0.05, 0.1) is 38.3 Å². The molecule has 24 heavy (non-hydrogen) atoms. The third kappa shape index (κ3) is 0.987. The van der Waals surface area contributed by atoms with E-state index in [-0.39, 0.29) is 71.9 Å². The summed E-state index contributed by atoms with van der Waals surface area (Å²) in [5.74, 6) is -0.373. The van der Waals surface area contributed by atoms with Crippen molar-refractivity contribution in [3.8, 4) is 0 Å². The van der Waals surface area contributed by atoms with E-state index < -0.39 is 11.2 Å². The molecular weight excluding hydrogens is 320 g/mol. The van der Waals surface area contributed by atoms with E-state index in [4.69, 9.17) is 28.7 Å². The van der Waals surface area contributed by atoms with Gasteiger partial charge in [-0.1, -0.05) is 0 Å². The molecule has 2 spiro atoms. The number of ether oxygens (including phenoxy) is 4. The summed E-state index contributed by atoms with van der Waals surface area (Å²) >= 11 is 0. The van der Waals surface area contributed by atoms with Crippen LogP contribution >= 0.6 is 0 Å². The maximum Gasteiger partial charge on any atom is 0.309 e. The Morgan fingerprint density at radius 3 is 1.46 bits per heavy atom. The summed E-state index contributed by atoms with van der Waals surface area (Å²) in [4.78, 5) is 35.4. The number of hydrogen-bond donors (Lipinski definition) is 0. The fourth-order valence-corrected chi connectivity index (χ4v) is 6.75. The van der Waals surface area contributed by atoms with Crippen molar-refractivity contribution in [3.63, 3.8) is 0 Å². The Balaban J connectivity index is 1.30. The Bertz CT molecular complexity index is 679. The molecule has 0 N–H and O–H groups in total. The molecule has 8 aliphatic rings. The van der Waals surface area contributed by atoms with E-state index >= 15 is 0 Å². The quantitative estimate of drug-likeness (QED) is 0.362. The van der Waals surface area contributed by atoms with Crippen molar-refractivity contribution < 1.29 is 38.3 Å². The van der Waals surface area contributed by atoms with Gasteiger partial charge in [0.1, 0.15) is 12.2 Å². The van der Waals surface area contributed by atoms with Crippen LogP contribution in [0.25, 0.3) is 0 Å². The highest BCUT2D eigenvalue weighted by atomic mass is 17.2. The molecule has 0 aromatic heterocycles. The van der Waals surface area contributed by atoms with Crippen LogP contribution in [0.5, 0.6) is 0 Å². The number of methoxy groups -OCH3 is 2. The molecule has 8 fully saturated rings. The molecule has 128 valence electrons.